The molecule has 2 aromatic rings. The van der Waals surface area contributed by atoms with Gasteiger partial charge in [0.25, 0.3) is 0 Å². The summed E-state index contributed by atoms with van der Waals surface area (Å²) in [5.41, 5.74) is 0.692. The van der Waals surface area contributed by atoms with Crippen LogP contribution in [0.2, 0.25) is 0 Å². The molecule has 0 bridgehead atoms. The van der Waals surface area contributed by atoms with E-state index in [0.717, 1.165) is 19.4 Å². The zero-order valence-electron chi connectivity index (χ0n) is 12.2. The molecule has 1 saturated heterocycles. The van der Waals surface area contributed by atoms with E-state index in [1.807, 2.05) is 6.07 Å². The summed E-state index contributed by atoms with van der Waals surface area (Å²) in [4.78, 5) is 4.50. The molecule has 1 aliphatic rings. The molecule has 7 heteroatoms. The summed E-state index contributed by atoms with van der Waals surface area (Å²) in [6.45, 7) is 1.49. The van der Waals surface area contributed by atoms with Crippen LogP contribution < -0.4 is 10.0 Å². The Morgan fingerprint density at radius 1 is 1.27 bits per heavy atom. The van der Waals surface area contributed by atoms with Crippen LogP contribution in [-0.4, -0.2) is 32.5 Å². The van der Waals surface area contributed by atoms with Crippen LogP contribution in [0.15, 0.2) is 41.4 Å². The van der Waals surface area contributed by atoms with Crippen molar-refractivity contribution in [3.63, 3.8) is 0 Å². The molecule has 1 atom stereocenters. The smallest absolute Gasteiger partial charge is 0.241 e. The van der Waals surface area contributed by atoms with Crippen molar-refractivity contribution >= 4 is 33.3 Å². The Morgan fingerprint density at radius 2 is 2.14 bits per heavy atom. The van der Waals surface area contributed by atoms with Gasteiger partial charge in [-0.2, -0.15) is 0 Å². The molecule has 120 valence electrons. The molecule has 0 spiro atoms. The Labute approximate surface area is 137 Å². The molecule has 0 amide bonds. The van der Waals surface area contributed by atoms with Crippen LogP contribution in [-0.2, 0) is 10.0 Å². The van der Waals surface area contributed by atoms with Gasteiger partial charge in [0.05, 0.1) is 10.4 Å². The van der Waals surface area contributed by atoms with Crippen molar-refractivity contribution in [2.24, 2.45) is 0 Å². The fourth-order valence-electron chi connectivity index (χ4n) is 2.76. The van der Waals surface area contributed by atoms with Gasteiger partial charge >= 0.3 is 0 Å². The van der Waals surface area contributed by atoms with Crippen LogP contribution in [0.25, 0.3) is 10.9 Å². The lowest BCUT2D eigenvalue weighted by atomic mass is 10.2. The summed E-state index contributed by atoms with van der Waals surface area (Å²) >= 11 is 0. The van der Waals surface area contributed by atoms with E-state index in [9.17, 15) is 8.42 Å². The Kier molecular flexibility index (Phi) is 5.74. The SMILES string of the molecule is Cl.O=S(=O)(NCC[C@H]1CCCN1)c1cccc2ncccc12. The predicted molar refractivity (Wildman–Crippen MR) is 89.8 cm³/mol. The highest BCUT2D eigenvalue weighted by Gasteiger charge is 2.19. The zero-order valence-corrected chi connectivity index (χ0v) is 13.8. The van der Waals surface area contributed by atoms with Crippen LogP contribution in [0.5, 0.6) is 0 Å². The van der Waals surface area contributed by atoms with E-state index < -0.39 is 10.0 Å². The van der Waals surface area contributed by atoms with Crippen LogP contribution in [0, 0.1) is 0 Å². The molecule has 1 fully saturated rings. The third-order valence-electron chi connectivity index (χ3n) is 3.84. The summed E-state index contributed by atoms with van der Waals surface area (Å²) in [5.74, 6) is 0. The monoisotopic (exact) mass is 341 g/mol. The van der Waals surface area contributed by atoms with Crippen molar-refractivity contribution in [3.8, 4) is 0 Å². The normalized spacial score (nSPS) is 18.3. The molecule has 2 N–H and O–H groups in total. The Morgan fingerprint density at radius 3 is 2.91 bits per heavy atom. The van der Waals surface area contributed by atoms with Crippen LogP contribution in [0.4, 0.5) is 0 Å². The number of fused-ring (bicyclic) bond motifs is 1. The molecule has 0 radical (unpaired) electrons. The number of aromatic nitrogens is 1. The first-order valence-electron chi connectivity index (χ1n) is 7.24. The molecular weight excluding hydrogens is 322 g/mol. The minimum Gasteiger partial charge on any atom is -0.314 e. The van der Waals surface area contributed by atoms with Gasteiger partial charge in [0.2, 0.25) is 10.0 Å². The number of rotatable bonds is 5. The highest BCUT2D eigenvalue weighted by molar-refractivity contribution is 7.89. The molecule has 0 aliphatic carbocycles. The molecule has 1 aromatic carbocycles. The quantitative estimate of drug-likeness (QED) is 0.873. The molecule has 3 rings (SSSR count). The maximum Gasteiger partial charge on any atom is 0.241 e. The van der Waals surface area contributed by atoms with E-state index in [2.05, 4.69) is 15.0 Å². The average Bonchev–Trinajstić information content (AvgIpc) is 3.00. The number of hydrogen-bond acceptors (Lipinski definition) is 4. The van der Waals surface area contributed by atoms with Crippen molar-refractivity contribution in [1.29, 1.82) is 0 Å². The molecule has 22 heavy (non-hydrogen) atoms. The van der Waals surface area contributed by atoms with Crippen molar-refractivity contribution in [1.82, 2.24) is 15.0 Å². The van der Waals surface area contributed by atoms with Gasteiger partial charge in [0.15, 0.2) is 0 Å². The van der Waals surface area contributed by atoms with E-state index >= 15 is 0 Å². The topological polar surface area (TPSA) is 71.1 Å². The summed E-state index contributed by atoms with van der Waals surface area (Å²) in [6, 6.07) is 9.14. The number of sulfonamides is 1. The van der Waals surface area contributed by atoms with Crippen molar-refractivity contribution in [3.05, 3.63) is 36.5 Å². The fraction of sp³-hybridized carbons (Fsp3) is 0.400. The van der Waals surface area contributed by atoms with E-state index in [1.54, 1.807) is 30.5 Å². The molecule has 1 aromatic heterocycles. The molecule has 0 saturated carbocycles. The molecular formula is C15H20ClN3O2S. The second-order valence-electron chi connectivity index (χ2n) is 5.31. The van der Waals surface area contributed by atoms with Crippen LogP contribution >= 0.6 is 12.4 Å². The Balaban J connectivity index is 0.00000176. The fourth-order valence-corrected chi connectivity index (χ4v) is 4.02. The van der Waals surface area contributed by atoms with Gasteiger partial charge < -0.3 is 5.32 Å². The first-order chi connectivity index (χ1) is 10.2. The highest BCUT2D eigenvalue weighted by Crippen LogP contribution is 2.21. The molecule has 0 unspecified atom stereocenters. The van der Waals surface area contributed by atoms with E-state index in [-0.39, 0.29) is 12.4 Å². The maximum absolute atomic E-state index is 12.5. The van der Waals surface area contributed by atoms with Gasteiger partial charge in [-0.15, -0.1) is 12.4 Å². The summed E-state index contributed by atoms with van der Waals surface area (Å²) in [7, 11) is -3.50. The molecule has 2 heterocycles. The van der Waals surface area contributed by atoms with Gasteiger partial charge in [-0.3, -0.25) is 4.98 Å². The second-order valence-corrected chi connectivity index (χ2v) is 7.04. The van der Waals surface area contributed by atoms with E-state index in [4.69, 9.17) is 0 Å². The number of halogens is 1. The van der Waals surface area contributed by atoms with Crippen molar-refractivity contribution in [2.75, 3.05) is 13.1 Å². The Hall–Kier alpha value is -1.21. The van der Waals surface area contributed by atoms with Crippen molar-refractivity contribution in [2.45, 2.75) is 30.2 Å². The summed E-state index contributed by atoms with van der Waals surface area (Å²) < 4.78 is 27.6. The van der Waals surface area contributed by atoms with Gasteiger partial charge in [0, 0.05) is 24.2 Å². The zero-order chi connectivity index (χ0) is 14.7. The number of nitrogens with one attached hydrogen (secondary N) is 2. The summed E-state index contributed by atoms with van der Waals surface area (Å²) in [6.07, 6.45) is 4.78. The number of pyridine rings is 1. The van der Waals surface area contributed by atoms with E-state index in [1.165, 1.54) is 6.42 Å². The van der Waals surface area contributed by atoms with Gasteiger partial charge in [-0.25, -0.2) is 13.1 Å². The lowest BCUT2D eigenvalue weighted by molar-refractivity contribution is 0.540. The average molecular weight is 342 g/mol. The highest BCUT2D eigenvalue weighted by atomic mass is 35.5. The van der Waals surface area contributed by atoms with Crippen LogP contribution in [0.1, 0.15) is 19.3 Å². The first-order valence-corrected chi connectivity index (χ1v) is 8.72. The molecule has 1 aliphatic heterocycles. The second kappa shape index (κ2) is 7.37. The minimum atomic E-state index is -3.50. The maximum atomic E-state index is 12.5. The third kappa shape index (κ3) is 3.76. The van der Waals surface area contributed by atoms with Crippen LogP contribution in [0.3, 0.4) is 0 Å². The van der Waals surface area contributed by atoms with Crippen molar-refractivity contribution < 1.29 is 8.42 Å². The lowest BCUT2D eigenvalue weighted by Gasteiger charge is -2.12. The standard InChI is InChI=1S/C15H19N3O2S.ClH/c19-21(20,18-11-8-12-4-2-9-16-12)15-7-1-6-14-13(15)5-3-10-17-14;/h1,3,5-7,10,12,16,18H,2,4,8-9,11H2;1H/t12-;/m1./s1. The predicted octanol–water partition coefficient (Wildman–Crippen LogP) is 2.08. The van der Waals surface area contributed by atoms with Gasteiger partial charge in [0.1, 0.15) is 0 Å². The number of nitrogens with zero attached hydrogens (tertiary/aromatic N) is 1. The van der Waals surface area contributed by atoms with Gasteiger partial charge in [-0.1, -0.05) is 6.07 Å². The Bertz CT molecular complexity index is 725. The van der Waals surface area contributed by atoms with Gasteiger partial charge in [-0.05, 0) is 50.1 Å². The summed E-state index contributed by atoms with van der Waals surface area (Å²) in [5, 5.41) is 4.03. The first kappa shape index (κ1) is 17.1. The third-order valence-corrected chi connectivity index (χ3v) is 5.36. The molecule has 5 nitrogen and oxygen atoms in total. The van der Waals surface area contributed by atoms with E-state index in [0.29, 0.717) is 28.4 Å². The number of benzene rings is 1. The number of hydrogen-bond donors (Lipinski definition) is 2. The lowest BCUT2D eigenvalue weighted by Crippen LogP contribution is -2.30. The largest absolute Gasteiger partial charge is 0.314 e. The minimum absolute atomic E-state index is 0.